The summed E-state index contributed by atoms with van der Waals surface area (Å²) in [6.07, 6.45) is 1.53. The van der Waals surface area contributed by atoms with Crippen LogP contribution >= 0.6 is 11.3 Å². The van der Waals surface area contributed by atoms with Gasteiger partial charge in [0.1, 0.15) is 6.17 Å². The number of alkyl halides is 1. The van der Waals surface area contributed by atoms with Gasteiger partial charge in [-0.3, -0.25) is 4.90 Å². The number of anilines is 1. The fourth-order valence-corrected chi connectivity index (χ4v) is 3.07. The second-order valence-electron chi connectivity index (χ2n) is 5.07. The Morgan fingerprint density at radius 1 is 1.60 bits per heavy atom. The first-order valence-corrected chi connectivity index (χ1v) is 7.52. The van der Waals surface area contributed by atoms with Gasteiger partial charge in [-0.1, -0.05) is 5.16 Å². The smallest absolute Gasteiger partial charge is 0.182 e. The van der Waals surface area contributed by atoms with Gasteiger partial charge in [0.15, 0.2) is 10.9 Å². The summed E-state index contributed by atoms with van der Waals surface area (Å²) in [4.78, 5) is 6.28. The third-order valence-corrected chi connectivity index (χ3v) is 4.16. The Kier molecular flexibility index (Phi) is 3.98. The molecule has 5 nitrogen and oxygen atoms in total. The third kappa shape index (κ3) is 3.16. The molecule has 0 spiro atoms. The number of aryl methyl sites for hydroxylation is 1. The first-order chi connectivity index (χ1) is 9.70. The minimum absolute atomic E-state index is 0.152. The lowest BCUT2D eigenvalue weighted by molar-refractivity contribution is 0.213. The molecule has 1 N–H and O–H groups in total. The van der Waals surface area contributed by atoms with Crippen LogP contribution < -0.4 is 5.32 Å². The van der Waals surface area contributed by atoms with E-state index in [1.54, 1.807) is 17.5 Å². The molecule has 2 atom stereocenters. The highest BCUT2D eigenvalue weighted by Gasteiger charge is 2.32. The molecule has 0 aromatic carbocycles. The van der Waals surface area contributed by atoms with Crippen molar-refractivity contribution < 1.29 is 8.91 Å². The molecule has 0 unspecified atom stereocenters. The second kappa shape index (κ2) is 5.88. The zero-order chi connectivity index (χ0) is 13.9. The van der Waals surface area contributed by atoms with Gasteiger partial charge in [0.05, 0.1) is 12.2 Å². The molecule has 1 aliphatic rings. The van der Waals surface area contributed by atoms with E-state index < -0.39 is 6.17 Å². The molecule has 20 heavy (non-hydrogen) atoms. The van der Waals surface area contributed by atoms with E-state index in [9.17, 15) is 4.39 Å². The molecule has 2 aromatic rings. The zero-order valence-corrected chi connectivity index (χ0v) is 12.1. The van der Waals surface area contributed by atoms with Gasteiger partial charge < -0.3 is 9.84 Å². The van der Waals surface area contributed by atoms with Gasteiger partial charge in [-0.15, -0.1) is 11.3 Å². The number of thiazole rings is 1. The second-order valence-corrected chi connectivity index (χ2v) is 5.96. The van der Waals surface area contributed by atoms with E-state index in [1.165, 1.54) is 0 Å². The first kappa shape index (κ1) is 13.5. The van der Waals surface area contributed by atoms with Crippen molar-refractivity contribution in [3.05, 3.63) is 29.1 Å². The van der Waals surface area contributed by atoms with Gasteiger partial charge in [-0.25, -0.2) is 9.37 Å². The monoisotopic (exact) mass is 296 g/mol. The highest BCUT2D eigenvalue weighted by atomic mass is 32.1. The summed E-state index contributed by atoms with van der Waals surface area (Å²) >= 11 is 1.55. The number of nitrogens with one attached hydrogen (secondary N) is 1. The summed E-state index contributed by atoms with van der Waals surface area (Å²) < 4.78 is 18.9. The average Bonchev–Trinajstić information content (AvgIpc) is 3.10. The topological polar surface area (TPSA) is 54.2 Å². The largest absolute Gasteiger partial charge is 0.360 e. The lowest BCUT2D eigenvalue weighted by atomic mass is 10.2. The maximum absolute atomic E-state index is 13.7. The predicted molar refractivity (Wildman–Crippen MR) is 75.6 cm³/mol. The van der Waals surface area contributed by atoms with Gasteiger partial charge in [0.2, 0.25) is 0 Å². The van der Waals surface area contributed by atoms with Crippen LogP contribution in [-0.4, -0.2) is 40.3 Å². The number of aromatic nitrogens is 2. The van der Waals surface area contributed by atoms with E-state index >= 15 is 0 Å². The average molecular weight is 296 g/mol. The quantitative estimate of drug-likeness (QED) is 0.918. The Hall–Kier alpha value is -1.47. The maximum Gasteiger partial charge on any atom is 0.182 e. The van der Waals surface area contributed by atoms with Crippen LogP contribution in [0.25, 0.3) is 0 Å². The molecule has 0 bridgehead atoms. The van der Waals surface area contributed by atoms with Crippen molar-refractivity contribution in [2.24, 2.45) is 0 Å². The van der Waals surface area contributed by atoms with Crippen molar-refractivity contribution in [1.82, 2.24) is 15.0 Å². The third-order valence-electron chi connectivity index (χ3n) is 3.43. The number of rotatable bonds is 5. The Labute approximate surface area is 120 Å². The summed E-state index contributed by atoms with van der Waals surface area (Å²) in [6, 6.07) is 2.05. The van der Waals surface area contributed by atoms with E-state index in [4.69, 9.17) is 4.52 Å². The molecule has 0 amide bonds. The van der Waals surface area contributed by atoms with Crippen LogP contribution in [0.15, 0.2) is 22.2 Å². The van der Waals surface area contributed by atoms with Crippen LogP contribution in [0, 0.1) is 6.92 Å². The summed E-state index contributed by atoms with van der Waals surface area (Å²) in [5, 5.41) is 9.93. The molecule has 0 aliphatic carbocycles. The molecule has 1 fully saturated rings. The van der Waals surface area contributed by atoms with E-state index in [0.717, 1.165) is 16.6 Å². The number of likely N-dealkylation sites (tertiary alicyclic amines) is 1. The number of hydrogen-bond acceptors (Lipinski definition) is 6. The molecular weight excluding hydrogens is 279 g/mol. The highest BCUT2D eigenvalue weighted by molar-refractivity contribution is 7.13. The van der Waals surface area contributed by atoms with Crippen molar-refractivity contribution in [3.63, 3.8) is 0 Å². The minimum atomic E-state index is -0.776. The summed E-state index contributed by atoms with van der Waals surface area (Å²) in [5.74, 6) is 0.788. The lowest BCUT2D eigenvalue weighted by Gasteiger charge is -2.22. The fraction of sp³-hybridized carbons (Fsp3) is 0.538. The molecule has 7 heteroatoms. The van der Waals surface area contributed by atoms with Gasteiger partial charge in [-0.2, -0.15) is 0 Å². The van der Waals surface area contributed by atoms with Gasteiger partial charge in [-0.05, 0) is 13.3 Å². The molecule has 0 saturated carbocycles. The first-order valence-electron chi connectivity index (χ1n) is 6.64. The maximum atomic E-state index is 13.7. The molecule has 3 heterocycles. The molecular formula is C13H17FN4OS. The highest BCUT2D eigenvalue weighted by Crippen LogP contribution is 2.23. The molecule has 1 saturated heterocycles. The Morgan fingerprint density at radius 2 is 2.50 bits per heavy atom. The van der Waals surface area contributed by atoms with Crippen molar-refractivity contribution in [3.8, 4) is 0 Å². The van der Waals surface area contributed by atoms with E-state index in [2.05, 4.69) is 20.4 Å². The molecule has 1 aliphatic heterocycles. The molecule has 2 aromatic heterocycles. The summed E-state index contributed by atoms with van der Waals surface area (Å²) in [5.41, 5.74) is 0.855. The van der Waals surface area contributed by atoms with Gasteiger partial charge >= 0.3 is 0 Å². The van der Waals surface area contributed by atoms with Crippen LogP contribution in [0.2, 0.25) is 0 Å². The minimum Gasteiger partial charge on any atom is -0.360 e. The Bertz CT molecular complexity index is 544. The molecule has 0 radical (unpaired) electrons. The summed E-state index contributed by atoms with van der Waals surface area (Å²) in [6.45, 7) is 3.63. The standard InChI is InChI=1S/C13H17FN4OS/c1-9-4-12(19-17-9)8-18-7-10(14)5-11(18)6-16-13-15-2-3-20-13/h2-4,10-11H,5-8H2,1H3,(H,15,16)/t10-,11-/m0/s1. The normalized spacial score (nSPS) is 23.3. The van der Waals surface area contributed by atoms with E-state index in [0.29, 0.717) is 26.1 Å². The number of halogens is 1. The number of hydrogen-bond donors (Lipinski definition) is 1. The van der Waals surface area contributed by atoms with Crippen LogP contribution in [0.5, 0.6) is 0 Å². The van der Waals surface area contributed by atoms with Crippen molar-refractivity contribution in [1.29, 1.82) is 0 Å². The van der Waals surface area contributed by atoms with Crippen LogP contribution in [0.4, 0.5) is 9.52 Å². The lowest BCUT2D eigenvalue weighted by Crippen LogP contribution is -2.34. The van der Waals surface area contributed by atoms with Crippen LogP contribution in [0.3, 0.4) is 0 Å². The summed E-state index contributed by atoms with van der Waals surface area (Å²) in [7, 11) is 0. The van der Waals surface area contributed by atoms with Crippen molar-refractivity contribution in [2.45, 2.75) is 32.1 Å². The van der Waals surface area contributed by atoms with Crippen molar-refractivity contribution in [2.75, 3.05) is 18.4 Å². The zero-order valence-electron chi connectivity index (χ0n) is 11.3. The van der Waals surface area contributed by atoms with Gasteiger partial charge in [0, 0.05) is 36.8 Å². The molecule has 3 rings (SSSR count). The van der Waals surface area contributed by atoms with Gasteiger partial charge in [0.25, 0.3) is 0 Å². The fourth-order valence-electron chi connectivity index (χ4n) is 2.54. The Balaban J connectivity index is 1.59. The Morgan fingerprint density at radius 3 is 3.20 bits per heavy atom. The molecule has 108 valence electrons. The van der Waals surface area contributed by atoms with E-state index in [1.807, 2.05) is 18.4 Å². The number of nitrogens with zero attached hydrogens (tertiary/aromatic N) is 3. The predicted octanol–water partition coefficient (Wildman–Crippen LogP) is 2.46. The van der Waals surface area contributed by atoms with Crippen LogP contribution in [0.1, 0.15) is 17.9 Å². The van der Waals surface area contributed by atoms with E-state index in [-0.39, 0.29) is 6.04 Å². The van der Waals surface area contributed by atoms with Crippen molar-refractivity contribution >= 4 is 16.5 Å². The SMILES string of the molecule is Cc1cc(CN2C[C@@H](F)C[C@H]2CNc2nccs2)on1. The van der Waals surface area contributed by atoms with Crippen LogP contribution in [-0.2, 0) is 6.54 Å².